The zero-order valence-electron chi connectivity index (χ0n) is 5.49. The summed E-state index contributed by atoms with van der Waals surface area (Å²) in [5.74, 6) is 0.569. The Kier molecular flexibility index (Phi) is 15.6. The van der Waals surface area contributed by atoms with Crippen molar-refractivity contribution in [2.75, 3.05) is 12.4 Å². The zero-order valence-corrected chi connectivity index (χ0v) is 7.28. The van der Waals surface area contributed by atoms with E-state index in [-0.39, 0.29) is 6.61 Å². The topological polar surface area (TPSA) is 40.5 Å². The molecule has 2 N–H and O–H groups in total. The van der Waals surface area contributed by atoms with Gasteiger partial charge in [-0.15, -0.1) is 12.6 Å². The maximum Gasteiger partial charge on any atom is 0.0962 e. The minimum absolute atomic E-state index is 0.184. The number of rotatable bonds is 2. The summed E-state index contributed by atoms with van der Waals surface area (Å²) in [7, 11) is 0. The van der Waals surface area contributed by atoms with Gasteiger partial charge in [-0.05, 0) is 6.42 Å². The van der Waals surface area contributed by atoms with Gasteiger partial charge in [0.25, 0.3) is 0 Å². The molecule has 2 nitrogen and oxygen atoms in total. The Morgan fingerprint density at radius 2 is 1.78 bits per heavy atom. The van der Waals surface area contributed by atoms with Crippen LogP contribution in [0.15, 0.2) is 0 Å². The van der Waals surface area contributed by atoms with E-state index in [4.69, 9.17) is 10.2 Å². The highest BCUT2D eigenvalue weighted by Crippen LogP contribution is 1.90. The molecule has 0 spiro atoms. The van der Waals surface area contributed by atoms with Crippen LogP contribution < -0.4 is 0 Å². The maximum absolute atomic E-state index is 8.23. The van der Waals surface area contributed by atoms with Crippen LogP contribution in [-0.2, 0) is 0 Å². The summed E-state index contributed by atoms with van der Waals surface area (Å²) >= 11 is 7.32. The fraction of sp³-hybridized carbons (Fsp3) is 1.00. The highest BCUT2D eigenvalue weighted by molar-refractivity contribution is 7.80. The standard InChI is InChI=1S/C3H8OS.C2H6OS/c1-2-3(4)5;3-1-2-4/h3-5H,2H2,1H3;3-4H,1-2H2. The van der Waals surface area contributed by atoms with Crippen molar-refractivity contribution in [2.24, 2.45) is 0 Å². The SMILES string of the molecule is CCC(O)S.OCCS. The van der Waals surface area contributed by atoms with Gasteiger partial charge in [-0.25, -0.2) is 0 Å². The van der Waals surface area contributed by atoms with Gasteiger partial charge in [-0.2, -0.15) is 12.6 Å². The number of thiol groups is 2. The van der Waals surface area contributed by atoms with Crippen molar-refractivity contribution in [2.45, 2.75) is 18.8 Å². The zero-order chi connectivity index (χ0) is 7.70. The molecule has 1 atom stereocenters. The Bertz CT molecular complexity index is 39.9. The molecule has 0 saturated heterocycles. The molecule has 0 aliphatic heterocycles. The predicted octanol–water partition coefficient (Wildman–Crippen LogP) is 0.553. The molecular formula is C5H14O2S2. The summed E-state index contributed by atoms with van der Waals surface area (Å²) in [4.78, 5) is 0. The lowest BCUT2D eigenvalue weighted by atomic mass is 10.5. The smallest absolute Gasteiger partial charge is 0.0962 e. The molecule has 0 heterocycles. The lowest BCUT2D eigenvalue weighted by molar-refractivity contribution is 0.261. The molecule has 0 rings (SSSR count). The average Bonchev–Trinajstić information content (AvgIpc) is 1.89. The molecule has 9 heavy (non-hydrogen) atoms. The molecule has 0 fully saturated rings. The molecule has 0 bridgehead atoms. The van der Waals surface area contributed by atoms with Gasteiger partial charge in [-0.3, -0.25) is 0 Å². The molecule has 0 amide bonds. The average molecular weight is 170 g/mol. The Labute approximate surface area is 67.1 Å². The van der Waals surface area contributed by atoms with Gasteiger partial charge in [-0.1, -0.05) is 6.92 Å². The molecule has 0 aromatic rings. The first-order valence-corrected chi connectivity index (χ1v) is 3.91. The van der Waals surface area contributed by atoms with Crippen molar-refractivity contribution in [3.8, 4) is 0 Å². The molecule has 58 valence electrons. The van der Waals surface area contributed by atoms with E-state index >= 15 is 0 Å². The van der Waals surface area contributed by atoms with Gasteiger partial charge in [0.05, 0.1) is 12.0 Å². The second-order valence-electron chi connectivity index (χ2n) is 1.34. The van der Waals surface area contributed by atoms with E-state index in [1.54, 1.807) is 0 Å². The third kappa shape index (κ3) is 28.8. The van der Waals surface area contributed by atoms with E-state index in [1.807, 2.05) is 6.92 Å². The Morgan fingerprint density at radius 3 is 1.78 bits per heavy atom. The van der Waals surface area contributed by atoms with Crippen molar-refractivity contribution < 1.29 is 10.2 Å². The molecule has 0 aliphatic rings. The second-order valence-corrected chi connectivity index (χ2v) is 2.38. The van der Waals surface area contributed by atoms with E-state index in [0.717, 1.165) is 6.42 Å². The van der Waals surface area contributed by atoms with Crippen molar-refractivity contribution >= 4 is 25.3 Å². The van der Waals surface area contributed by atoms with Crippen molar-refractivity contribution in [3.63, 3.8) is 0 Å². The Balaban J connectivity index is 0. The first-order valence-electron chi connectivity index (χ1n) is 2.76. The molecule has 0 aromatic heterocycles. The highest BCUT2D eigenvalue weighted by Gasteiger charge is 1.82. The third-order valence-corrected chi connectivity index (χ3v) is 1.03. The monoisotopic (exact) mass is 170 g/mol. The van der Waals surface area contributed by atoms with Crippen molar-refractivity contribution in [1.82, 2.24) is 0 Å². The van der Waals surface area contributed by atoms with Gasteiger partial charge < -0.3 is 10.2 Å². The van der Waals surface area contributed by atoms with Crippen LogP contribution >= 0.6 is 25.3 Å². The normalized spacial score (nSPS) is 11.7. The summed E-state index contributed by atoms with van der Waals surface area (Å²) < 4.78 is 0. The van der Waals surface area contributed by atoms with Gasteiger partial charge in [0.15, 0.2) is 0 Å². The van der Waals surface area contributed by atoms with Gasteiger partial charge in [0, 0.05) is 5.75 Å². The fourth-order valence-electron chi connectivity index (χ4n) is 0. The minimum atomic E-state index is -0.421. The largest absolute Gasteiger partial charge is 0.396 e. The number of hydrogen-bond donors (Lipinski definition) is 4. The molecule has 0 radical (unpaired) electrons. The van der Waals surface area contributed by atoms with Crippen molar-refractivity contribution in [1.29, 1.82) is 0 Å². The minimum Gasteiger partial charge on any atom is -0.396 e. The molecule has 4 heteroatoms. The first kappa shape index (κ1) is 12.3. The van der Waals surface area contributed by atoms with Crippen LogP contribution in [-0.4, -0.2) is 28.0 Å². The molecular weight excluding hydrogens is 156 g/mol. The van der Waals surface area contributed by atoms with E-state index in [0.29, 0.717) is 5.75 Å². The van der Waals surface area contributed by atoms with Crippen LogP contribution in [0.2, 0.25) is 0 Å². The van der Waals surface area contributed by atoms with Crippen molar-refractivity contribution in [3.05, 3.63) is 0 Å². The number of hydrogen-bond acceptors (Lipinski definition) is 4. The summed E-state index contributed by atoms with van der Waals surface area (Å²) in [6.07, 6.45) is 0.725. The first-order chi connectivity index (χ1) is 4.18. The second kappa shape index (κ2) is 11.4. The van der Waals surface area contributed by atoms with Gasteiger partial charge in [0.1, 0.15) is 0 Å². The third-order valence-electron chi connectivity index (χ3n) is 0.465. The predicted molar refractivity (Wildman–Crippen MR) is 46.2 cm³/mol. The maximum atomic E-state index is 8.23. The summed E-state index contributed by atoms with van der Waals surface area (Å²) in [5.41, 5.74) is -0.421. The Hall–Kier alpha value is 0.620. The Morgan fingerprint density at radius 1 is 1.56 bits per heavy atom. The number of aliphatic hydroxyl groups is 2. The van der Waals surface area contributed by atoms with E-state index in [1.165, 1.54) is 0 Å². The lowest BCUT2D eigenvalue weighted by Crippen LogP contribution is -1.88. The summed E-state index contributed by atoms with van der Waals surface area (Å²) in [6.45, 7) is 2.06. The highest BCUT2D eigenvalue weighted by atomic mass is 32.1. The van der Waals surface area contributed by atoms with Crippen LogP contribution in [0.5, 0.6) is 0 Å². The van der Waals surface area contributed by atoms with E-state index in [9.17, 15) is 0 Å². The van der Waals surface area contributed by atoms with Gasteiger partial charge in [0.2, 0.25) is 0 Å². The van der Waals surface area contributed by atoms with Gasteiger partial charge >= 0.3 is 0 Å². The fourth-order valence-corrected chi connectivity index (χ4v) is 0. The van der Waals surface area contributed by atoms with Crippen LogP contribution in [0.4, 0.5) is 0 Å². The quantitative estimate of drug-likeness (QED) is 0.361. The molecule has 1 unspecified atom stereocenters. The molecule has 0 aromatic carbocycles. The summed E-state index contributed by atoms with van der Waals surface area (Å²) in [5, 5.41) is 16.0. The van der Waals surface area contributed by atoms with E-state index < -0.39 is 5.44 Å². The number of aliphatic hydroxyl groups excluding tert-OH is 2. The van der Waals surface area contributed by atoms with Crippen LogP contribution in [0.25, 0.3) is 0 Å². The van der Waals surface area contributed by atoms with Crippen LogP contribution in [0.3, 0.4) is 0 Å². The molecule has 0 saturated carbocycles. The van der Waals surface area contributed by atoms with E-state index in [2.05, 4.69) is 25.3 Å². The lowest BCUT2D eigenvalue weighted by Gasteiger charge is -1.89. The van der Waals surface area contributed by atoms with Crippen LogP contribution in [0, 0.1) is 0 Å². The van der Waals surface area contributed by atoms with Crippen LogP contribution in [0.1, 0.15) is 13.3 Å². The summed E-state index contributed by atoms with van der Waals surface area (Å²) in [6, 6.07) is 0. The molecule has 0 aliphatic carbocycles.